The predicted molar refractivity (Wildman–Crippen MR) is 120 cm³/mol. The van der Waals surface area contributed by atoms with Crippen molar-refractivity contribution >= 4 is 28.5 Å². The molecular weight excluding hydrogens is 412 g/mol. The average Bonchev–Trinajstić information content (AvgIpc) is 3.29. The first-order valence-corrected chi connectivity index (χ1v) is 10.5. The molecule has 4 heterocycles. The van der Waals surface area contributed by atoms with E-state index in [1.54, 1.807) is 30.9 Å². The summed E-state index contributed by atoms with van der Waals surface area (Å²) >= 11 is 0. The highest BCUT2D eigenvalue weighted by molar-refractivity contribution is 5.94. The number of ether oxygens (including phenoxy) is 2. The van der Waals surface area contributed by atoms with Crippen molar-refractivity contribution in [1.82, 2.24) is 9.55 Å². The van der Waals surface area contributed by atoms with Crippen LogP contribution in [0, 0.1) is 0 Å². The summed E-state index contributed by atoms with van der Waals surface area (Å²) in [5.41, 5.74) is 1.20. The van der Waals surface area contributed by atoms with Crippen molar-refractivity contribution in [3.05, 3.63) is 51.8 Å². The van der Waals surface area contributed by atoms with Crippen molar-refractivity contribution in [3.8, 4) is 11.5 Å². The number of hydrogen-bond donors (Lipinski definition) is 2. The zero-order valence-corrected chi connectivity index (χ0v) is 17.9. The summed E-state index contributed by atoms with van der Waals surface area (Å²) in [5.74, 6) is 0.800. The Kier molecular flexibility index (Phi) is 4.88. The van der Waals surface area contributed by atoms with E-state index in [0.717, 1.165) is 43.0 Å². The van der Waals surface area contributed by atoms with Gasteiger partial charge in [-0.05, 0) is 31.0 Å². The molecule has 2 aliphatic heterocycles. The number of methoxy groups -OCH3 is 2. The Bertz CT molecular complexity index is 1290. The van der Waals surface area contributed by atoms with Crippen molar-refractivity contribution < 1.29 is 19.4 Å². The molecule has 0 radical (unpaired) electrons. The van der Waals surface area contributed by atoms with Crippen LogP contribution in [0.25, 0.3) is 11.0 Å². The van der Waals surface area contributed by atoms with Gasteiger partial charge in [0, 0.05) is 37.0 Å². The van der Waals surface area contributed by atoms with Gasteiger partial charge in [0.15, 0.2) is 5.82 Å². The number of carboxylic acids is 1. The summed E-state index contributed by atoms with van der Waals surface area (Å²) in [7, 11) is 3.15. The van der Waals surface area contributed by atoms with E-state index >= 15 is 0 Å². The maximum absolute atomic E-state index is 13.0. The fourth-order valence-corrected chi connectivity index (χ4v) is 4.64. The molecule has 2 aromatic heterocycles. The number of carbonyl (C=O) groups is 1. The molecule has 9 nitrogen and oxygen atoms in total. The largest absolute Gasteiger partial charge is 0.497 e. The summed E-state index contributed by atoms with van der Waals surface area (Å²) in [4.78, 5) is 31.9. The first kappa shape index (κ1) is 20.2. The molecule has 2 aliphatic rings. The second-order valence-corrected chi connectivity index (χ2v) is 8.08. The lowest BCUT2D eigenvalue weighted by molar-refractivity contribution is 0.0695. The molecule has 0 saturated carbocycles. The van der Waals surface area contributed by atoms with Gasteiger partial charge in [-0.15, -0.1) is 0 Å². The van der Waals surface area contributed by atoms with Crippen LogP contribution in [-0.4, -0.2) is 54.0 Å². The zero-order valence-electron chi connectivity index (χ0n) is 17.9. The lowest BCUT2D eigenvalue weighted by atomic mass is 10.1. The highest BCUT2D eigenvalue weighted by atomic mass is 16.5. The SMILES string of the molecule is COc1ccc(Cn2cc(C(=O)O)c(=O)c3cc4c(nc32)N2CCC[C@H]2CN4)c(OC)c1. The average molecular weight is 436 g/mol. The number of rotatable bonds is 5. The highest BCUT2D eigenvalue weighted by Gasteiger charge is 2.32. The maximum Gasteiger partial charge on any atom is 0.341 e. The van der Waals surface area contributed by atoms with Gasteiger partial charge in [-0.25, -0.2) is 9.78 Å². The molecule has 0 spiro atoms. The standard InChI is InChI=1S/C23H24N4O5/c1-31-15-6-5-13(19(8-15)32-2)11-26-12-17(23(29)30)20(28)16-9-18-22(25-21(16)26)27-7-3-4-14(27)10-24-18/h5-6,8-9,12,14,24H,3-4,7,10-11H2,1-2H3,(H,29,30)/t14-/m0/s1. The number of nitrogens with one attached hydrogen (secondary N) is 1. The summed E-state index contributed by atoms with van der Waals surface area (Å²) in [6.45, 7) is 1.99. The van der Waals surface area contributed by atoms with Crippen molar-refractivity contribution in [1.29, 1.82) is 0 Å². The van der Waals surface area contributed by atoms with Gasteiger partial charge >= 0.3 is 5.97 Å². The fourth-order valence-electron chi connectivity index (χ4n) is 4.64. The van der Waals surface area contributed by atoms with Crippen LogP contribution in [0.5, 0.6) is 11.5 Å². The van der Waals surface area contributed by atoms with E-state index in [1.807, 2.05) is 12.1 Å². The first-order valence-electron chi connectivity index (χ1n) is 10.5. The van der Waals surface area contributed by atoms with Crippen LogP contribution in [0.15, 0.2) is 35.3 Å². The minimum atomic E-state index is -1.27. The number of benzene rings is 1. The zero-order chi connectivity index (χ0) is 22.4. The van der Waals surface area contributed by atoms with Crippen LogP contribution in [0.4, 0.5) is 11.5 Å². The van der Waals surface area contributed by atoms with Gasteiger partial charge in [-0.1, -0.05) is 0 Å². The molecule has 0 bridgehead atoms. The number of hydrogen-bond acceptors (Lipinski definition) is 7. The quantitative estimate of drug-likeness (QED) is 0.629. The molecule has 1 fully saturated rings. The molecule has 0 amide bonds. The van der Waals surface area contributed by atoms with Gasteiger partial charge in [-0.3, -0.25) is 4.79 Å². The number of carboxylic acid groups (broad SMARTS) is 1. The summed E-state index contributed by atoms with van der Waals surface area (Å²) in [6.07, 6.45) is 3.56. The third kappa shape index (κ3) is 3.21. The van der Waals surface area contributed by atoms with Crippen LogP contribution >= 0.6 is 0 Å². The number of fused-ring (bicyclic) bond motifs is 4. The monoisotopic (exact) mass is 436 g/mol. The lowest BCUT2D eigenvalue weighted by Crippen LogP contribution is -2.40. The molecule has 0 unspecified atom stereocenters. The molecule has 9 heteroatoms. The van der Waals surface area contributed by atoms with Gasteiger partial charge in [-0.2, -0.15) is 0 Å². The number of anilines is 2. The molecule has 32 heavy (non-hydrogen) atoms. The molecule has 0 aliphatic carbocycles. The number of nitrogens with zero attached hydrogens (tertiary/aromatic N) is 3. The summed E-state index contributed by atoms with van der Waals surface area (Å²) in [6, 6.07) is 7.56. The molecular formula is C23H24N4O5. The van der Waals surface area contributed by atoms with Gasteiger partial charge < -0.3 is 29.4 Å². The van der Waals surface area contributed by atoms with Gasteiger partial charge in [0.1, 0.15) is 22.7 Å². The van der Waals surface area contributed by atoms with Gasteiger partial charge in [0.2, 0.25) is 5.43 Å². The van der Waals surface area contributed by atoms with E-state index in [0.29, 0.717) is 23.2 Å². The van der Waals surface area contributed by atoms with Crippen molar-refractivity contribution in [2.45, 2.75) is 25.4 Å². The van der Waals surface area contributed by atoms with Crippen LogP contribution in [0.2, 0.25) is 0 Å². The fraction of sp³-hybridized carbons (Fsp3) is 0.348. The molecule has 1 aromatic carbocycles. The van der Waals surface area contributed by atoms with Crippen molar-refractivity contribution in [2.75, 3.05) is 37.5 Å². The van der Waals surface area contributed by atoms with Gasteiger partial charge in [0.25, 0.3) is 0 Å². The van der Waals surface area contributed by atoms with Crippen LogP contribution in [0.3, 0.4) is 0 Å². The third-order valence-electron chi connectivity index (χ3n) is 6.27. The van der Waals surface area contributed by atoms with Gasteiger partial charge in [0.05, 0.1) is 31.8 Å². The van der Waals surface area contributed by atoms with Crippen LogP contribution in [0.1, 0.15) is 28.8 Å². The maximum atomic E-state index is 13.0. The van der Waals surface area contributed by atoms with E-state index in [9.17, 15) is 14.7 Å². The third-order valence-corrected chi connectivity index (χ3v) is 6.27. The van der Waals surface area contributed by atoms with Crippen LogP contribution in [-0.2, 0) is 6.54 Å². The number of aromatic carboxylic acids is 1. The molecule has 166 valence electrons. The second-order valence-electron chi connectivity index (χ2n) is 8.08. The van der Waals surface area contributed by atoms with E-state index in [4.69, 9.17) is 14.5 Å². The summed E-state index contributed by atoms with van der Waals surface area (Å²) < 4.78 is 12.5. The van der Waals surface area contributed by atoms with E-state index < -0.39 is 11.4 Å². The number of aromatic nitrogens is 2. The van der Waals surface area contributed by atoms with E-state index in [2.05, 4.69) is 10.2 Å². The molecule has 2 N–H and O–H groups in total. The van der Waals surface area contributed by atoms with E-state index in [1.165, 1.54) is 6.20 Å². The summed E-state index contributed by atoms with van der Waals surface area (Å²) in [5, 5.41) is 13.3. The van der Waals surface area contributed by atoms with Crippen LogP contribution < -0.4 is 25.1 Å². The smallest absolute Gasteiger partial charge is 0.341 e. The predicted octanol–water partition coefficient (Wildman–Crippen LogP) is 2.55. The molecule has 1 saturated heterocycles. The Hall–Kier alpha value is -3.75. The Morgan fingerprint density at radius 3 is 2.88 bits per heavy atom. The molecule has 1 atom stereocenters. The minimum Gasteiger partial charge on any atom is -0.497 e. The first-order chi connectivity index (χ1) is 15.5. The van der Waals surface area contributed by atoms with Crippen molar-refractivity contribution in [3.63, 3.8) is 0 Å². The second kappa shape index (κ2) is 7.74. The molecule has 3 aromatic rings. The Morgan fingerprint density at radius 1 is 1.28 bits per heavy atom. The normalized spacial score (nSPS) is 16.9. The topological polar surface area (TPSA) is 106 Å². The Labute approximate surface area is 184 Å². The van der Waals surface area contributed by atoms with Crippen molar-refractivity contribution in [2.24, 2.45) is 0 Å². The molecule has 5 rings (SSSR count). The number of pyridine rings is 2. The van der Waals surface area contributed by atoms with E-state index in [-0.39, 0.29) is 17.5 Å². The Balaban J connectivity index is 1.71. The Morgan fingerprint density at radius 2 is 2.12 bits per heavy atom. The minimum absolute atomic E-state index is 0.279. The highest BCUT2D eigenvalue weighted by Crippen LogP contribution is 2.36. The lowest BCUT2D eigenvalue weighted by Gasteiger charge is -2.33.